The standard InChI is InChI=1S/C14H23ClN2/c1-11(2)17-9-5-8-16-10-13-7-4-6-12(3)14(13)15/h4,6-7,11,16-17H,5,8-10H2,1-3H3. The number of halogens is 1. The van der Waals surface area contributed by atoms with Crippen molar-refractivity contribution < 1.29 is 0 Å². The normalized spacial score (nSPS) is 11.1. The van der Waals surface area contributed by atoms with Crippen molar-refractivity contribution in [1.82, 2.24) is 10.6 Å². The molecule has 96 valence electrons. The van der Waals surface area contributed by atoms with Crippen LogP contribution in [0.4, 0.5) is 0 Å². The minimum atomic E-state index is 0.571. The second kappa shape index (κ2) is 7.70. The van der Waals surface area contributed by atoms with Gasteiger partial charge in [0.25, 0.3) is 0 Å². The van der Waals surface area contributed by atoms with Crippen LogP contribution in [0.3, 0.4) is 0 Å². The van der Waals surface area contributed by atoms with Crippen LogP contribution in [0.15, 0.2) is 18.2 Å². The summed E-state index contributed by atoms with van der Waals surface area (Å²) in [6, 6.07) is 6.74. The Kier molecular flexibility index (Phi) is 6.56. The molecule has 0 saturated carbocycles. The highest BCUT2D eigenvalue weighted by atomic mass is 35.5. The monoisotopic (exact) mass is 254 g/mol. The van der Waals surface area contributed by atoms with E-state index < -0.39 is 0 Å². The smallest absolute Gasteiger partial charge is 0.0480 e. The molecular weight excluding hydrogens is 232 g/mol. The second-order valence-corrected chi connectivity index (χ2v) is 5.07. The molecule has 17 heavy (non-hydrogen) atoms. The van der Waals surface area contributed by atoms with Gasteiger partial charge in [-0.25, -0.2) is 0 Å². The van der Waals surface area contributed by atoms with Gasteiger partial charge in [-0.2, -0.15) is 0 Å². The summed E-state index contributed by atoms with van der Waals surface area (Å²) in [6.45, 7) is 9.30. The number of hydrogen-bond donors (Lipinski definition) is 2. The van der Waals surface area contributed by atoms with Gasteiger partial charge in [0.05, 0.1) is 0 Å². The summed E-state index contributed by atoms with van der Waals surface area (Å²) in [7, 11) is 0. The van der Waals surface area contributed by atoms with E-state index >= 15 is 0 Å². The van der Waals surface area contributed by atoms with Gasteiger partial charge in [0, 0.05) is 17.6 Å². The number of aryl methyl sites for hydroxylation is 1. The van der Waals surface area contributed by atoms with E-state index in [0.717, 1.165) is 36.6 Å². The Labute approximate surface area is 110 Å². The molecule has 2 nitrogen and oxygen atoms in total. The third kappa shape index (κ3) is 5.53. The molecule has 1 aromatic carbocycles. The van der Waals surface area contributed by atoms with E-state index in [1.165, 1.54) is 5.56 Å². The largest absolute Gasteiger partial charge is 0.314 e. The summed E-state index contributed by atoms with van der Waals surface area (Å²) in [5.41, 5.74) is 2.33. The minimum absolute atomic E-state index is 0.571. The third-order valence-corrected chi connectivity index (χ3v) is 3.21. The molecular formula is C14H23ClN2. The number of hydrogen-bond acceptors (Lipinski definition) is 2. The van der Waals surface area contributed by atoms with E-state index in [1.54, 1.807) is 0 Å². The van der Waals surface area contributed by atoms with Crippen molar-refractivity contribution in [3.05, 3.63) is 34.3 Å². The van der Waals surface area contributed by atoms with Crippen LogP contribution in [0.5, 0.6) is 0 Å². The first-order chi connectivity index (χ1) is 8.11. The molecule has 0 radical (unpaired) electrons. The lowest BCUT2D eigenvalue weighted by Crippen LogP contribution is -2.26. The van der Waals surface area contributed by atoms with Crippen LogP contribution in [0, 0.1) is 6.92 Å². The number of benzene rings is 1. The second-order valence-electron chi connectivity index (χ2n) is 4.69. The summed E-state index contributed by atoms with van der Waals surface area (Å²) in [6.07, 6.45) is 1.14. The maximum absolute atomic E-state index is 6.22. The highest BCUT2D eigenvalue weighted by molar-refractivity contribution is 6.32. The highest BCUT2D eigenvalue weighted by Crippen LogP contribution is 2.19. The molecule has 1 aromatic rings. The molecule has 0 saturated heterocycles. The fourth-order valence-electron chi connectivity index (χ4n) is 1.67. The fourth-order valence-corrected chi connectivity index (χ4v) is 1.86. The van der Waals surface area contributed by atoms with Gasteiger partial charge in [0.15, 0.2) is 0 Å². The van der Waals surface area contributed by atoms with Gasteiger partial charge in [0.2, 0.25) is 0 Å². The Morgan fingerprint density at radius 3 is 2.71 bits per heavy atom. The van der Waals surface area contributed by atoms with Crippen LogP contribution < -0.4 is 10.6 Å². The van der Waals surface area contributed by atoms with E-state index in [1.807, 2.05) is 13.0 Å². The van der Waals surface area contributed by atoms with E-state index in [4.69, 9.17) is 11.6 Å². The van der Waals surface area contributed by atoms with Crippen molar-refractivity contribution in [2.75, 3.05) is 13.1 Å². The van der Waals surface area contributed by atoms with Crippen molar-refractivity contribution in [3.63, 3.8) is 0 Å². The molecule has 0 aliphatic carbocycles. The molecule has 0 atom stereocenters. The Bertz CT molecular complexity index is 337. The zero-order valence-corrected chi connectivity index (χ0v) is 11.8. The number of nitrogens with one attached hydrogen (secondary N) is 2. The molecule has 0 aliphatic heterocycles. The molecule has 0 spiro atoms. The Balaban J connectivity index is 2.20. The predicted octanol–water partition coefficient (Wildman–Crippen LogP) is 3.13. The van der Waals surface area contributed by atoms with Crippen molar-refractivity contribution >= 4 is 11.6 Å². The maximum atomic E-state index is 6.22. The van der Waals surface area contributed by atoms with Crippen molar-refractivity contribution in [2.24, 2.45) is 0 Å². The van der Waals surface area contributed by atoms with Gasteiger partial charge in [-0.05, 0) is 37.6 Å². The molecule has 0 aromatic heterocycles. The number of rotatable bonds is 7. The summed E-state index contributed by atoms with van der Waals surface area (Å²) in [5.74, 6) is 0. The molecule has 0 bridgehead atoms. The maximum Gasteiger partial charge on any atom is 0.0480 e. The SMILES string of the molecule is Cc1cccc(CNCCCNC(C)C)c1Cl. The van der Waals surface area contributed by atoms with Crippen LogP contribution >= 0.6 is 11.6 Å². The Morgan fingerprint density at radius 2 is 2.00 bits per heavy atom. The van der Waals surface area contributed by atoms with Crippen LogP contribution in [0.25, 0.3) is 0 Å². The van der Waals surface area contributed by atoms with Gasteiger partial charge in [-0.1, -0.05) is 43.6 Å². The lowest BCUT2D eigenvalue weighted by atomic mass is 10.1. The first-order valence-corrected chi connectivity index (χ1v) is 6.67. The van der Waals surface area contributed by atoms with Crippen LogP contribution in [-0.2, 0) is 6.54 Å². The first-order valence-electron chi connectivity index (χ1n) is 6.29. The van der Waals surface area contributed by atoms with E-state index in [-0.39, 0.29) is 0 Å². The summed E-state index contributed by atoms with van der Waals surface area (Å²) >= 11 is 6.22. The lowest BCUT2D eigenvalue weighted by molar-refractivity contribution is 0.547. The molecule has 0 fully saturated rings. The zero-order chi connectivity index (χ0) is 12.7. The Morgan fingerprint density at radius 1 is 1.24 bits per heavy atom. The minimum Gasteiger partial charge on any atom is -0.314 e. The molecule has 0 heterocycles. The summed E-state index contributed by atoms with van der Waals surface area (Å²) in [5, 5.41) is 7.71. The highest BCUT2D eigenvalue weighted by Gasteiger charge is 2.01. The molecule has 3 heteroatoms. The average molecular weight is 255 g/mol. The van der Waals surface area contributed by atoms with Crippen molar-refractivity contribution in [1.29, 1.82) is 0 Å². The van der Waals surface area contributed by atoms with Crippen LogP contribution in [-0.4, -0.2) is 19.1 Å². The third-order valence-electron chi connectivity index (χ3n) is 2.67. The summed E-state index contributed by atoms with van der Waals surface area (Å²) < 4.78 is 0. The zero-order valence-electron chi connectivity index (χ0n) is 11.0. The van der Waals surface area contributed by atoms with E-state index in [0.29, 0.717) is 6.04 Å². The van der Waals surface area contributed by atoms with Gasteiger partial charge in [-0.3, -0.25) is 0 Å². The summed E-state index contributed by atoms with van der Waals surface area (Å²) in [4.78, 5) is 0. The van der Waals surface area contributed by atoms with Crippen LogP contribution in [0.2, 0.25) is 5.02 Å². The van der Waals surface area contributed by atoms with Gasteiger partial charge in [-0.15, -0.1) is 0 Å². The lowest BCUT2D eigenvalue weighted by Gasteiger charge is -2.10. The fraction of sp³-hybridized carbons (Fsp3) is 0.571. The Hall–Kier alpha value is -0.570. The predicted molar refractivity (Wildman–Crippen MR) is 75.7 cm³/mol. The molecule has 0 unspecified atom stereocenters. The quantitative estimate of drug-likeness (QED) is 0.731. The van der Waals surface area contributed by atoms with Gasteiger partial charge >= 0.3 is 0 Å². The van der Waals surface area contributed by atoms with E-state index in [2.05, 4.69) is 36.6 Å². The molecule has 2 N–H and O–H groups in total. The first kappa shape index (κ1) is 14.5. The van der Waals surface area contributed by atoms with Gasteiger partial charge < -0.3 is 10.6 Å². The molecule has 0 aliphatic rings. The van der Waals surface area contributed by atoms with Gasteiger partial charge in [0.1, 0.15) is 0 Å². The van der Waals surface area contributed by atoms with Crippen LogP contribution in [0.1, 0.15) is 31.4 Å². The van der Waals surface area contributed by atoms with Crippen molar-refractivity contribution in [2.45, 2.75) is 39.8 Å². The van der Waals surface area contributed by atoms with E-state index in [9.17, 15) is 0 Å². The average Bonchev–Trinajstić information content (AvgIpc) is 2.28. The topological polar surface area (TPSA) is 24.1 Å². The van der Waals surface area contributed by atoms with Crippen molar-refractivity contribution in [3.8, 4) is 0 Å². The molecule has 0 amide bonds. The molecule has 1 rings (SSSR count).